The normalized spacial score (nSPS) is 18.3. The first-order valence-electron chi connectivity index (χ1n) is 6.42. The average Bonchev–Trinajstić information content (AvgIpc) is 2.88. The Labute approximate surface area is 123 Å². The molecule has 1 aliphatic rings. The molecule has 0 aliphatic carbocycles. The number of hydrogen-bond donors (Lipinski definition) is 2. The van der Waals surface area contributed by atoms with Gasteiger partial charge in [0.25, 0.3) is 0 Å². The number of halogens is 3. The quantitative estimate of drug-likeness (QED) is 0.896. The first-order valence-corrected chi connectivity index (χ1v) is 7.24. The first-order chi connectivity index (χ1) is 9.86. The molecule has 1 unspecified atom stereocenters. The van der Waals surface area contributed by atoms with Crippen molar-refractivity contribution in [1.29, 1.82) is 0 Å². The van der Waals surface area contributed by atoms with Crippen LogP contribution in [0.2, 0.25) is 0 Å². The highest BCUT2D eigenvalue weighted by Gasteiger charge is 2.35. The number of anilines is 1. The number of carbonyl (C=O) groups is 1. The Morgan fingerprint density at radius 1 is 1.38 bits per heavy atom. The number of ether oxygens (including phenoxy) is 1. The maximum atomic E-state index is 12.4. The Morgan fingerprint density at radius 2 is 2.05 bits per heavy atom. The number of nitrogens with zero attached hydrogens (tertiary/aromatic N) is 2. The first kappa shape index (κ1) is 16.0. The van der Waals surface area contributed by atoms with Gasteiger partial charge >= 0.3 is 12.2 Å². The van der Waals surface area contributed by atoms with Crippen LogP contribution in [0.3, 0.4) is 0 Å². The standard InChI is InChI=1S/C11H15F3N4O2S/c1-6(7-2-4-20-5-3-7)15-9(19)16-10-18-17-8(21-10)11(12,13)14/h6-7H,2-5H2,1H3,(H2,15,16,18,19). The summed E-state index contributed by atoms with van der Waals surface area (Å²) < 4.78 is 42.3. The van der Waals surface area contributed by atoms with Gasteiger partial charge in [-0.05, 0) is 25.7 Å². The van der Waals surface area contributed by atoms with E-state index in [4.69, 9.17) is 4.74 Å². The molecule has 10 heteroatoms. The molecule has 0 bridgehead atoms. The van der Waals surface area contributed by atoms with Crippen LogP contribution >= 0.6 is 11.3 Å². The summed E-state index contributed by atoms with van der Waals surface area (Å²) in [6, 6.07) is -0.678. The van der Waals surface area contributed by atoms with Crippen LogP contribution in [0.15, 0.2) is 0 Å². The molecule has 2 rings (SSSR count). The number of hydrogen-bond acceptors (Lipinski definition) is 5. The van der Waals surface area contributed by atoms with Gasteiger partial charge in [0.15, 0.2) is 0 Å². The molecule has 2 amide bonds. The fourth-order valence-electron chi connectivity index (χ4n) is 2.06. The second-order valence-corrected chi connectivity index (χ2v) is 5.72. The summed E-state index contributed by atoms with van der Waals surface area (Å²) in [4.78, 5) is 11.7. The highest BCUT2D eigenvalue weighted by Crippen LogP contribution is 2.32. The van der Waals surface area contributed by atoms with Crippen LogP contribution in [-0.4, -0.2) is 35.5 Å². The largest absolute Gasteiger partial charge is 0.445 e. The lowest BCUT2D eigenvalue weighted by molar-refractivity contribution is -0.138. The van der Waals surface area contributed by atoms with E-state index >= 15 is 0 Å². The molecule has 118 valence electrons. The molecule has 1 aromatic heterocycles. The number of urea groups is 1. The minimum absolute atomic E-state index is 0.0936. The van der Waals surface area contributed by atoms with Crippen molar-refractivity contribution in [3.05, 3.63) is 5.01 Å². The van der Waals surface area contributed by atoms with Gasteiger partial charge in [-0.2, -0.15) is 13.2 Å². The molecule has 0 aromatic carbocycles. The van der Waals surface area contributed by atoms with Crippen LogP contribution in [0.25, 0.3) is 0 Å². The van der Waals surface area contributed by atoms with E-state index in [0.717, 1.165) is 12.8 Å². The second kappa shape index (κ2) is 6.56. The van der Waals surface area contributed by atoms with Crippen molar-refractivity contribution in [1.82, 2.24) is 15.5 Å². The van der Waals surface area contributed by atoms with Crippen molar-refractivity contribution >= 4 is 22.5 Å². The molecule has 21 heavy (non-hydrogen) atoms. The predicted molar refractivity (Wildman–Crippen MR) is 70.1 cm³/mol. The highest BCUT2D eigenvalue weighted by molar-refractivity contribution is 7.15. The van der Waals surface area contributed by atoms with Gasteiger partial charge in [0, 0.05) is 19.3 Å². The van der Waals surface area contributed by atoms with Crippen LogP contribution in [0.5, 0.6) is 0 Å². The highest BCUT2D eigenvalue weighted by atomic mass is 32.1. The third kappa shape index (κ3) is 4.53. The van der Waals surface area contributed by atoms with Crippen molar-refractivity contribution in [3.8, 4) is 0 Å². The summed E-state index contributed by atoms with van der Waals surface area (Å²) in [5.41, 5.74) is 0. The maximum absolute atomic E-state index is 12.4. The third-order valence-corrected chi connectivity index (χ3v) is 4.10. The Balaban J connectivity index is 1.85. The van der Waals surface area contributed by atoms with Crippen LogP contribution in [0.4, 0.5) is 23.1 Å². The molecule has 1 fully saturated rings. The van der Waals surface area contributed by atoms with Crippen molar-refractivity contribution in [2.24, 2.45) is 5.92 Å². The molecule has 1 aliphatic heterocycles. The fraction of sp³-hybridized carbons (Fsp3) is 0.727. The zero-order valence-electron chi connectivity index (χ0n) is 11.2. The van der Waals surface area contributed by atoms with Gasteiger partial charge in [-0.25, -0.2) is 4.79 Å². The number of carbonyl (C=O) groups excluding carboxylic acids is 1. The van der Waals surface area contributed by atoms with Crippen LogP contribution in [0.1, 0.15) is 24.8 Å². The zero-order chi connectivity index (χ0) is 15.5. The third-order valence-electron chi connectivity index (χ3n) is 3.22. The lowest BCUT2D eigenvalue weighted by Crippen LogP contribution is -2.42. The van der Waals surface area contributed by atoms with Crippen molar-refractivity contribution in [2.45, 2.75) is 32.0 Å². The molecule has 1 atom stereocenters. The molecule has 0 saturated carbocycles. The summed E-state index contributed by atoms with van der Waals surface area (Å²) >= 11 is 0.292. The van der Waals surface area contributed by atoms with Gasteiger partial charge in [-0.3, -0.25) is 5.32 Å². The smallest absolute Gasteiger partial charge is 0.381 e. The number of rotatable bonds is 3. The molecule has 1 saturated heterocycles. The summed E-state index contributed by atoms with van der Waals surface area (Å²) in [6.07, 6.45) is -2.86. The molecule has 2 heterocycles. The van der Waals surface area contributed by atoms with E-state index in [1.807, 2.05) is 6.92 Å². The molecular formula is C11H15F3N4O2S. The van der Waals surface area contributed by atoms with Gasteiger partial charge in [0.1, 0.15) is 0 Å². The maximum Gasteiger partial charge on any atom is 0.445 e. The minimum atomic E-state index is -4.55. The molecular weight excluding hydrogens is 309 g/mol. The Bertz CT molecular complexity index is 488. The van der Waals surface area contributed by atoms with E-state index in [-0.39, 0.29) is 11.2 Å². The minimum Gasteiger partial charge on any atom is -0.381 e. The second-order valence-electron chi connectivity index (χ2n) is 4.75. The molecule has 2 N–H and O–H groups in total. The Kier molecular flexibility index (Phi) is 4.99. The average molecular weight is 324 g/mol. The molecule has 6 nitrogen and oxygen atoms in total. The van der Waals surface area contributed by atoms with E-state index in [9.17, 15) is 18.0 Å². The summed E-state index contributed by atoms with van der Waals surface area (Å²) in [7, 11) is 0. The number of aromatic nitrogens is 2. The predicted octanol–water partition coefficient (Wildman–Crippen LogP) is 2.49. The van der Waals surface area contributed by atoms with E-state index in [2.05, 4.69) is 20.8 Å². The van der Waals surface area contributed by atoms with Crippen molar-refractivity contribution in [2.75, 3.05) is 18.5 Å². The van der Waals surface area contributed by atoms with Gasteiger partial charge in [-0.15, -0.1) is 10.2 Å². The SMILES string of the molecule is CC(NC(=O)Nc1nnc(C(F)(F)F)s1)C1CCOCC1. The van der Waals surface area contributed by atoms with Crippen LogP contribution in [0, 0.1) is 5.92 Å². The van der Waals surface area contributed by atoms with Crippen LogP contribution in [-0.2, 0) is 10.9 Å². The summed E-state index contributed by atoms with van der Waals surface area (Å²) in [6.45, 7) is 3.17. The summed E-state index contributed by atoms with van der Waals surface area (Å²) in [5, 5.41) is 9.99. The lowest BCUT2D eigenvalue weighted by Gasteiger charge is -2.28. The van der Waals surface area contributed by atoms with E-state index in [1.165, 1.54) is 0 Å². The van der Waals surface area contributed by atoms with Crippen LogP contribution < -0.4 is 10.6 Å². The molecule has 1 aromatic rings. The summed E-state index contributed by atoms with van der Waals surface area (Å²) in [5.74, 6) is 0.296. The Hall–Kier alpha value is -1.42. The fourth-order valence-corrected chi connectivity index (χ4v) is 2.67. The number of alkyl halides is 3. The van der Waals surface area contributed by atoms with Crippen molar-refractivity contribution in [3.63, 3.8) is 0 Å². The van der Waals surface area contributed by atoms with Gasteiger partial charge in [0.2, 0.25) is 10.1 Å². The molecule has 0 spiro atoms. The van der Waals surface area contributed by atoms with Gasteiger partial charge in [0.05, 0.1) is 0 Å². The number of nitrogens with one attached hydrogen (secondary N) is 2. The zero-order valence-corrected chi connectivity index (χ0v) is 12.1. The lowest BCUT2D eigenvalue weighted by atomic mass is 9.93. The topological polar surface area (TPSA) is 76.1 Å². The molecule has 0 radical (unpaired) electrons. The van der Waals surface area contributed by atoms with Gasteiger partial charge in [-0.1, -0.05) is 11.3 Å². The number of amides is 2. The van der Waals surface area contributed by atoms with E-state index in [0.29, 0.717) is 30.5 Å². The Morgan fingerprint density at radius 3 is 2.62 bits per heavy atom. The van der Waals surface area contributed by atoms with Gasteiger partial charge < -0.3 is 10.1 Å². The van der Waals surface area contributed by atoms with E-state index < -0.39 is 17.2 Å². The van der Waals surface area contributed by atoms with E-state index in [1.54, 1.807) is 0 Å². The van der Waals surface area contributed by atoms with Crippen molar-refractivity contribution < 1.29 is 22.7 Å². The monoisotopic (exact) mass is 324 g/mol.